The second-order valence-corrected chi connectivity index (χ2v) is 5.13. The lowest BCUT2D eigenvalue weighted by Gasteiger charge is -2.07. The van der Waals surface area contributed by atoms with Gasteiger partial charge in [0, 0.05) is 5.39 Å². The van der Waals surface area contributed by atoms with Gasteiger partial charge in [0.25, 0.3) is 0 Å². The van der Waals surface area contributed by atoms with Crippen LogP contribution in [0.5, 0.6) is 5.75 Å². The van der Waals surface area contributed by atoms with Crippen molar-refractivity contribution in [2.75, 3.05) is 0 Å². The maximum Gasteiger partial charge on any atom is 0.339 e. The van der Waals surface area contributed by atoms with Gasteiger partial charge in [-0.1, -0.05) is 42.5 Å². The number of rotatable bonds is 3. The summed E-state index contributed by atoms with van der Waals surface area (Å²) >= 11 is 0. The van der Waals surface area contributed by atoms with Gasteiger partial charge in [-0.05, 0) is 30.0 Å². The summed E-state index contributed by atoms with van der Waals surface area (Å²) in [7, 11) is 0. The summed E-state index contributed by atoms with van der Waals surface area (Å²) < 4.78 is 0. The van der Waals surface area contributed by atoms with Crippen molar-refractivity contribution in [2.45, 2.75) is 6.92 Å². The van der Waals surface area contributed by atoms with E-state index in [-0.39, 0.29) is 17.0 Å². The number of aromatic carboxylic acids is 1. The molecular formula is C18H14N2O3. The first-order valence-electron chi connectivity index (χ1n) is 7.03. The summed E-state index contributed by atoms with van der Waals surface area (Å²) in [6, 6.07) is 16.0. The molecule has 5 heteroatoms. The van der Waals surface area contributed by atoms with E-state index in [0.717, 1.165) is 5.56 Å². The van der Waals surface area contributed by atoms with Gasteiger partial charge in [0.15, 0.2) is 5.75 Å². The van der Waals surface area contributed by atoms with Crippen molar-refractivity contribution < 1.29 is 15.0 Å². The van der Waals surface area contributed by atoms with E-state index < -0.39 is 5.97 Å². The topological polar surface area (TPSA) is 82.2 Å². The Morgan fingerprint density at radius 3 is 2.43 bits per heavy atom. The van der Waals surface area contributed by atoms with Crippen LogP contribution < -0.4 is 0 Å². The molecular weight excluding hydrogens is 292 g/mol. The summed E-state index contributed by atoms with van der Waals surface area (Å²) in [4.78, 5) is 11.3. The third-order valence-electron chi connectivity index (χ3n) is 3.60. The fraction of sp³-hybridized carbons (Fsp3) is 0.0556. The van der Waals surface area contributed by atoms with E-state index in [1.165, 1.54) is 6.07 Å². The first-order chi connectivity index (χ1) is 11.1. The van der Waals surface area contributed by atoms with Crippen molar-refractivity contribution in [1.82, 2.24) is 0 Å². The maximum absolute atomic E-state index is 11.3. The van der Waals surface area contributed by atoms with Crippen LogP contribution in [-0.4, -0.2) is 16.2 Å². The normalized spacial score (nSPS) is 11.2. The number of azo groups is 1. The number of aryl methyl sites for hydroxylation is 1. The van der Waals surface area contributed by atoms with Gasteiger partial charge in [-0.3, -0.25) is 0 Å². The van der Waals surface area contributed by atoms with E-state index in [0.29, 0.717) is 16.5 Å². The number of hydrogen-bond acceptors (Lipinski definition) is 4. The first-order valence-corrected chi connectivity index (χ1v) is 7.03. The lowest BCUT2D eigenvalue weighted by atomic mass is 10.0. The third kappa shape index (κ3) is 2.76. The molecule has 0 amide bonds. The Hall–Kier alpha value is -3.21. The predicted octanol–water partition coefficient (Wildman–Crippen LogP) is 4.97. The van der Waals surface area contributed by atoms with E-state index in [9.17, 15) is 15.0 Å². The Bertz CT molecular complexity index is 933. The molecule has 0 atom stereocenters. The quantitative estimate of drug-likeness (QED) is 0.670. The lowest BCUT2D eigenvalue weighted by molar-refractivity contribution is 0.0694. The van der Waals surface area contributed by atoms with Crippen LogP contribution in [0.25, 0.3) is 10.8 Å². The highest BCUT2D eigenvalue weighted by molar-refractivity contribution is 6.04. The van der Waals surface area contributed by atoms with Crippen molar-refractivity contribution in [3.05, 3.63) is 65.7 Å². The number of nitrogens with zero attached hydrogens (tertiary/aromatic N) is 2. The number of carboxylic acids is 1. The van der Waals surface area contributed by atoms with Gasteiger partial charge in [-0.2, -0.15) is 5.11 Å². The highest BCUT2D eigenvalue weighted by Gasteiger charge is 2.17. The number of benzene rings is 3. The minimum absolute atomic E-state index is 0.156. The van der Waals surface area contributed by atoms with Gasteiger partial charge < -0.3 is 10.2 Å². The Morgan fingerprint density at radius 2 is 1.70 bits per heavy atom. The highest BCUT2D eigenvalue weighted by Crippen LogP contribution is 2.39. The number of carbonyl (C=O) groups is 1. The van der Waals surface area contributed by atoms with E-state index in [4.69, 9.17) is 0 Å². The average Bonchev–Trinajstić information content (AvgIpc) is 2.54. The minimum Gasteiger partial charge on any atom is -0.505 e. The molecule has 0 saturated carbocycles. The van der Waals surface area contributed by atoms with Crippen molar-refractivity contribution >= 4 is 28.1 Å². The standard InChI is InChI=1S/C18H14N2O3/c1-11-6-2-5-9-15(11)19-20-16-13-8-4-3-7-12(13)10-14(17(16)21)18(22)23/h2-10,21H,1H3,(H,22,23)/b20-19+. The highest BCUT2D eigenvalue weighted by atomic mass is 16.4. The van der Waals surface area contributed by atoms with Crippen LogP contribution in [0.4, 0.5) is 11.4 Å². The molecule has 0 aliphatic rings. The van der Waals surface area contributed by atoms with Crippen LogP contribution in [0, 0.1) is 6.92 Å². The van der Waals surface area contributed by atoms with Gasteiger partial charge in [0.2, 0.25) is 0 Å². The van der Waals surface area contributed by atoms with Crippen LogP contribution in [0.2, 0.25) is 0 Å². The summed E-state index contributed by atoms with van der Waals surface area (Å²) in [6.07, 6.45) is 0. The molecule has 114 valence electrons. The molecule has 3 rings (SSSR count). The molecule has 0 unspecified atom stereocenters. The van der Waals surface area contributed by atoms with E-state index in [1.54, 1.807) is 30.3 Å². The van der Waals surface area contributed by atoms with Crippen LogP contribution in [0.15, 0.2) is 64.8 Å². The SMILES string of the molecule is Cc1ccccc1/N=N/c1c(O)c(C(=O)O)cc2ccccc12. The van der Waals surface area contributed by atoms with Crippen LogP contribution in [0.1, 0.15) is 15.9 Å². The molecule has 0 bridgehead atoms. The predicted molar refractivity (Wildman–Crippen MR) is 87.9 cm³/mol. The Morgan fingerprint density at radius 1 is 1.00 bits per heavy atom. The smallest absolute Gasteiger partial charge is 0.339 e. The Labute approximate surface area is 132 Å². The summed E-state index contributed by atoms with van der Waals surface area (Å²) in [6.45, 7) is 1.90. The van der Waals surface area contributed by atoms with Crippen molar-refractivity contribution in [2.24, 2.45) is 10.2 Å². The molecule has 0 aliphatic carbocycles. The van der Waals surface area contributed by atoms with Gasteiger partial charge >= 0.3 is 5.97 Å². The fourth-order valence-electron chi connectivity index (χ4n) is 2.36. The zero-order valence-electron chi connectivity index (χ0n) is 12.4. The van der Waals surface area contributed by atoms with Gasteiger partial charge in [-0.25, -0.2) is 4.79 Å². The molecule has 2 N–H and O–H groups in total. The monoisotopic (exact) mass is 306 g/mol. The molecule has 3 aromatic rings. The van der Waals surface area contributed by atoms with Crippen LogP contribution >= 0.6 is 0 Å². The van der Waals surface area contributed by atoms with E-state index in [2.05, 4.69) is 10.2 Å². The molecule has 0 radical (unpaired) electrons. The molecule has 0 heterocycles. The number of carboxylic acid groups (broad SMARTS) is 1. The zero-order chi connectivity index (χ0) is 16.4. The molecule has 23 heavy (non-hydrogen) atoms. The number of hydrogen-bond donors (Lipinski definition) is 2. The maximum atomic E-state index is 11.3. The minimum atomic E-state index is -1.21. The Balaban J connectivity index is 2.21. The van der Waals surface area contributed by atoms with Crippen LogP contribution in [-0.2, 0) is 0 Å². The summed E-state index contributed by atoms with van der Waals surface area (Å²) in [5, 5.41) is 29.1. The zero-order valence-corrected chi connectivity index (χ0v) is 12.4. The van der Waals surface area contributed by atoms with Gasteiger partial charge in [0.05, 0.1) is 5.69 Å². The second kappa shape index (κ2) is 5.88. The molecule has 0 aliphatic heterocycles. The molecule has 0 spiro atoms. The molecule has 0 fully saturated rings. The number of phenols is 1. The second-order valence-electron chi connectivity index (χ2n) is 5.13. The van der Waals surface area contributed by atoms with E-state index in [1.807, 2.05) is 25.1 Å². The van der Waals surface area contributed by atoms with Crippen molar-refractivity contribution in [1.29, 1.82) is 0 Å². The molecule has 0 aromatic heterocycles. The number of aromatic hydroxyl groups is 1. The molecule has 0 saturated heterocycles. The van der Waals surface area contributed by atoms with Crippen molar-refractivity contribution in [3.8, 4) is 5.75 Å². The Kier molecular flexibility index (Phi) is 3.76. The fourth-order valence-corrected chi connectivity index (χ4v) is 2.36. The first kappa shape index (κ1) is 14.7. The summed E-state index contributed by atoms with van der Waals surface area (Å²) in [5.74, 6) is -1.59. The largest absolute Gasteiger partial charge is 0.505 e. The van der Waals surface area contributed by atoms with E-state index >= 15 is 0 Å². The third-order valence-corrected chi connectivity index (χ3v) is 3.60. The van der Waals surface area contributed by atoms with Crippen LogP contribution in [0.3, 0.4) is 0 Å². The van der Waals surface area contributed by atoms with Crippen molar-refractivity contribution in [3.63, 3.8) is 0 Å². The summed E-state index contributed by atoms with van der Waals surface area (Å²) in [5.41, 5.74) is 1.57. The lowest BCUT2D eigenvalue weighted by Crippen LogP contribution is -1.97. The molecule has 5 nitrogen and oxygen atoms in total. The molecule has 3 aromatic carbocycles. The number of fused-ring (bicyclic) bond motifs is 1. The average molecular weight is 306 g/mol. The van der Waals surface area contributed by atoms with Gasteiger partial charge in [-0.15, -0.1) is 5.11 Å². The van der Waals surface area contributed by atoms with Gasteiger partial charge in [0.1, 0.15) is 11.3 Å².